The summed E-state index contributed by atoms with van der Waals surface area (Å²) in [5.74, 6) is 0.422. The number of carbonyl (C=O) groups is 1. The molecule has 1 heterocycles. The van der Waals surface area contributed by atoms with E-state index in [1.165, 1.54) is 5.56 Å². The molecule has 3 aromatic carbocycles. The second kappa shape index (κ2) is 7.16. The molecule has 0 bridgehead atoms. The van der Waals surface area contributed by atoms with Crippen LogP contribution in [0.4, 0.5) is 11.4 Å². The van der Waals surface area contributed by atoms with Crippen molar-refractivity contribution in [2.24, 2.45) is 0 Å². The Bertz CT molecular complexity index is 935. The van der Waals surface area contributed by atoms with Crippen molar-refractivity contribution < 1.29 is 4.79 Å². The summed E-state index contributed by atoms with van der Waals surface area (Å²) in [6.45, 7) is 4.35. The molecule has 1 aliphatic rings. The Balaban J connectivity index is 1.73. The number of hydrogen-bond acceptors (Lipinski definition) is 3. The molecule has 4 nitrogen and oxygen atoms in total. The maximum atomic E-state index is 13.2. The summed E-state index contributed by atoms with van der Waals surface area (Å²) in [6.07, 6.45) is -0.297. The molecule has 0 saturated carbocycles. The number of carbonyl (C=O) groups excluding carboxylic acids is 1. The van der Waals surface area contributed by atoms with Crippen LogP contribution in [0.25, 0.3) is 0 Å². The van der Waals surface area contributed by atoms with E-state index >= 15 is 0 Å². The second-order valence-electron chi connectivity index (χ2n) is 7.07. The van der Waals surface area contributed by atoms with E-state index < -0.39 is 0 Å². The molecule has 4 heteroatoms. The molecule has 136 valence electrons. The Labute approximate surface area is 159 Å². The highest BCUT2D eigenvalue weighted by molar-refractivity contribution is 6.02. The standard InChI is InChI=1S/C23H23N3O/c1-16(2)17-12-14-18(15-13-17)22-24-21-11-7-6-10-20(21)23(27)26(22)25-19-8-4-3-5-9-19/h3-16,22,24-25H,1-2H3. The molecule has 1 amide bonds. The van der Waals surface area contributed by atoms with Crippen molar-refractivity contribution in [1.82, 2.24) is 5.01 Å². The van der Waals surface area contributed by atoms with Gasteiger partial charge in [-0.15, -0.1) is 0 Å². The van der Waals surface area contributed by atoms with Gasteiger partial charge in [-0.1, -0.05) is 68.4 Å². The van der Waals surface area contributed by atoms with Crippen LogP contribution in [0.1, 0.15) is 47.4 Å². The number of benzene rings is 3. The number of hydrazine groups is 1. The highest BCUT2D eigenvalue weighted by atomic mass is 16.2. The summed E-state index contributed by atoms with van der Waals surface area (Å²) in [7, 11) is 0. The number of rotatable bonds is 4. The molecule has 0 saturated heterocycles. The van der Waals surface area contributed by atoms with Gasteiger partial charge in [0.05, 0.1) is 11.3 Å². The molecule has 4 rings (SSSR count). The predicted octanol–water partition coefficient (Wildman–Crippen LogP) is 5.40. The number of nitrogens with one attached hydrogen (secondary N) is 2. The summed E-state index contributed by atoms with van der Waals surface area (Å²) in [5, 5.41) is 5.17. The number of anilines is 2. The zero-order chi connectivity index (χ0) is 18.8. The number of fused-ring (bicyclic) bond motifs is 1. The van der Waals surface area contributed by atoms with Gasteiger partial charge in [0, 0.05) is 5.69 Å². The highest BCUT2D eigenvalue weighted by Crippen LogP contribution is 2.33. The molecule has 0 fully saturated rings. The lowest BCUT2D eigenvalue weighted by molar-refractivity contribution is 0.0733. The van der Waals surface area contributed by atoms with E-state index in [1.807, 2.05) is 54.6 Å². The quantitative estimate of drug-likeness (QED) is 0.657. The summed E-state index contributed by atoms with van der Waals surface area (Å²) in [4.78, 5) is 13.2. The fraction of sp³-hybridized carbons (Fsp3) is 0.174. The molecule has 27 heavy (non-hydrogen) atoms. The van der Waals surface area contributed by atoms with Crippen LogP contribution < -0.4 is 10.7 Å². The van der Waals surface area contributed by atoms with E-state index in [-0.39, 0.29) is 12.1 Å². The Hall–Kier alpha value is -3.27. The molecule has 1 aliphatic heterocycles. The van der Waals surface area contributed by atoms with Crippen LogP contribution in [-0.2, 0) is 0 Å². The molecule has 0 aliphatic carbocycles. The topological polar surface area (TPSA) is 44.4 Å². The van der Waals surface area contributed by atoms with Crippen molar-refractivity contribution in [3.05, 3.63) is 95.6 Å². The maximum Gasteiger partial charge on any atom is 0.276 e. The van der Waals surface area contributed by atoms with Gasteiger partial charge in [0.1, 0.15) is 6.17 Å². The molecule has 2 N–H and O–H groups in total. The van der Waals surface area contributed by atoms with Crippen molar-refractivity contribution in [3.8, 4) is 0 Å². The van der Waals surface area contributed by atoms with Gasteiger partial charge in [-0.05, 0) is 41.3 Å². The third-order valence-corrected chi connectivity index (χ3v) is 4.87. The Morgan fingerprint density at radius 1 is 0.889 bits per heavy atom. The van der Waals surface area contributed by atoms with Crippen LogP contribution in [0, 0.1) is 0 Å². The minimum absolute atomic E-state index is 0.0499. The van der Waals surface area contributed by atoms with Crippen molar-refractivity contribution in [2.75, 3.05) is 10.7 Å². The lowest BCUT2D eigenvalue weighted by Crippen LogP contribution is -2.46. The Morgan fingerprint density at radius 2 is 1.56 bits per heavy atom. The van der Waals surface area contributed by atoms with Crippen LogP contribution >= 0.6 is 0 Å². The van der Waals surface area contributed by atoms with Crippen LogP contribution in [-0.4, -0.2) is 10.9 Å². The van der Waals surface area contributed by atoms with E-state index in [1.54, 1.807) is 5.01 Å². The Morgan fingerprint density at radius 3 is 2.26 bits per heavy atom. The average Bonchev–Trinajstić information content (AvgIpc) is 2.71. The molecule has 3 aromatic rings. The van der Waals surface area contributed by atoms with Crippen LogP contribution in [0.5, 0.6) is 0 Å². The van der Waals surface area contributed by atoms with Gasteiger partial charge in [0.25, 0.3) is 5.91 Å². The normalized spacial score (nSPS) is 16.0. The zero-order valence-electron chi connectivity index (χ0n) is 15.5. The van der Waals surface area contributed by atoms with E-state index in [4.69, 9.17) is 0 Å². The molecular formula is C23H23N3O. The van der Waals surface area contributed by atoms with Gasteiger partial charge >= 0.3 is 0 Å². The van der Waals surface area contributed by atoms with Crippen LogP contribution in [0.15, 0.2) is 78.9 Å². The number of para-hydroxylation sites is 2. The molecule has 0 radical (unpaired) electrons. The number of nitrogens with zero attached hydrogens (tertiary/aromatic N) is 1. The average molecular weight is 357 g/mol. The smallest absolute Gasteiger partial charge is 0.276 e. The van der Waals surface area contributed by atoms with Crippen molar-refractivity contribution >= 4 is 17.3 Å². The SMILES string of the molecule is CC(C)c1ccc(C2Nc3ccccc3C(=O)N2Nc2ccccc2)cc1. The molecule has 1 unspecified atom stereocenters. The molecule has 0 aromatic heterocycles. The number of hydrogen-bond donors (Lipinski definition) is 2. The minimum atomic E-state index is -0.297. The fourth-order valence-electron chi connectivity index (χ4n) is 3.32. The molecular weight excluding hydrogens is 334 g/mol. The summed E-state index contributed by atoms with van der Waals surface area (Å²) < 4.78 is 0. The van der Waals surface area contributed by atoms with Crippen molar-refractivity contribution in [2.45, 2.75) is 25.9 Å². The first kappa shape index (κ1) is 17.2. The summed E-state index contributed by atoms with van der Waals surface area (Å²) >= 11 is 0. The summed E-state index contributed by atoms with van der Waals surface area (Å²) in [5.41, 5.74) is 7.98. The Kier molecular flexibility index (Phi) is 4.55. The molecule has 1 atom stereocenters. The highest BCUT2D eigenvalue weighted by Gasteiger charge is 2.33. The predicted molar refractivity (Wildman–Crippen MR) is 110 cm³/mol. The van der Waals surface area contributed by atoms with Gasteiger partial charge in [-0.3, -0.25) is 10.2 Å². The van der Waals surface area contributed by atoms with Gasteiger partial charge in [-0.2, -0.15) is 0 Å². The number of amides is 1. The van der Waals surface area contributed by atoms with E-state index in [9.17, 15) is 4.79 Å². The second-order valence-corrected chi connectivity index (χ2v) is 7.07. The maximum absolute atomic E-state index is 13.2. The van der Waals surface area contributed by atoms with E-state index in [0.717, 1.165) is 16.9 Å². The van der Waals surface area contributed by atoms with Gasteiger partial charge in [0.15, 0.2) is 0 Å². The monoisotopic (exact) mass is 357 g/mol. The van der Waals surface area contributed by atoms with Gasteiger partial charge in [-0.25, -0.2) is 5.01 Å². The lowest BCUT2D eigenvalue weighted by Gasteiger charge is -2.38. The third-order valence-electron chi connectivity index (χ3n) is 4.87. The van der Waals surface area contributed by atoms with Crippen LogP contribution in [0.2, 0.25) is 0 Å². The van der Waals surface area contributed by atoms with Gasteiger partial charge in [0.2, 0.25) is 0 Å². The van der Waals surface area contributed by atoms with Crippen molar-refractivity contribution in [1.29, 1.82) is 0 Å². The summed E-state index contributed by atoms with van der Waals surface area (Å²) in [6, 6.07) is 25.8. The lowest BCUT2D eigenvalue weighted by atomic mass is 9.99. The molecule has 0 spiro atoms. The van der Waals surface area contributed by atoms with Crippen LogP contribution in [0.3, 0.4) is 0 Å². The largest absolute Gasteiger partial charge is 0.359 e. The zero-order valence-corrected chi connectivity index (χ0v) is 15.5. The van der Waals surface area contributed by atoms with Crippen molar-refractivity contribution in [3.63, 3.8) is 0 Å². The van der Waals surface area contributed by atoms with Gasteiger partial charge < -0.3 is 5.32 Å². The first-order valence-electron chi connectivity index (χ1n) is 9.24. The van der Waals surface area contributed by atoms with E-state index in [0.29, 0.717) is 11.5 Å². The fourth-order valence-corrected chi connectivity index (χ4v) is 3.32. The first-order valence-corrected chi connectivity index (χ1v) is 9.24. The minimum Gasteiger partial charge on any atom is -0.359 e. The van der Waals surface area contributed by atoms with E-state index in [2.05, 4.69) is 48.9 Å². The first-order chi connectivity index (χ1) is 13.1. The third kappa shape index (κ3) is 3.38.